The molecule has 2 unspecified atom stereocenters. The van der Waals surface area contributed by atoms with Crippen molar-refractivity contribution in [3.63, 3.8) is 0 Å². The fraction of sp³-hybridized carbons (Fsp3) is 0.361. The van der Waals surface area contributed by atoms with Crippen LogP contribution in [0, 0.1) is 5.82 Å². The van der Waals surface area contributed by atoms with Crippen molar-refractivity contribution in [1.82, 2.24) is 19.8 Å². The maximum atomic E-state index is 13.1. The first kappa shape index (κ1) is 32.8. The van der Waals surface area contributed by atoms with Gasteiger partial charge in [0.05, 0.1) is 17.4 Å². The van der Waals surface area contributed by atoms with Gasteiger partial charge in [0.2, 0.25) is 0 Å². The first-order valence-electron chi connectivity index (χ1n) is 15.0. The predicted octanol–water partition coefficient (Wildman–Crippen LogP) is 7.97. The second-order valence-corrected chi connectivity index (χ2v) is 10.9. The van der Waals surface area contributed by atoms with Gasteiger partial charge in [0.25, 0.3) is 0 Å². The fourth-order valence-electron chi connectivity index (χ4n) is 5.02. The lowest BCUT2D eigenvalue weighted by molar-refractivity contribution is 0.334. The number of likely N-dealkylation sites (N-methyl/N-ethyl adjacent to an activating group) is 1. The maximum absolute atomic E-state index is 13.1. The highest BCUT2D eigenvalue weighted by Gasteiger charge is 2.40. The Hall–Kier alpha value is -3.74. The third kappa shape index (κ3) is 8.88. The monoisotopic (exact) mass is 569 g/mol. The van der Waals surface area contributed by atoms with Crippen molar-refractivity contribution in [3.8, 4) is 0 Å². The molecule has 5 nitrogen and oxygen atoms in total. The van der Waals surface area contributed by atoms with E-state index < -0.39 is 0 Å². The summed E-state index contributed by atoms with van der Waals surface area (Å²) >= 11 is 0. The minimum absolute atomic E-state index is 0.0486. The Balaban J connectivity index is 0.000000170. The van der Waals surface area contributed by atoms with E-state index in [2.05, 4.69) is 66.6 Å². The molecule has 1 aromatic heterocycles. The van der Waals surface area contributed by atoms with Crippen molar-refractivity contribution in [1.29, 1.82) is 0 Å². The number of benzene rings is 3. The third-order valence-electron chi connectivity index (χ3n) is 7.85. The van der Waals surface area contributed by atoms with E-state index in [0.717, 1.165) is 41.7 Å². The van der Waals surface area contributed by atoms with E-state index in [-0.39, 0.29) is 17.4 Å². The van der Waals surface area contributed by atoms with Gasteiger partial charge < -0.3 is 15.6 Å². The summed E-state index contributed by atoms with van der Waals surface area (Å²) in [5.41, 5.74) is 11.3. The number of nitrogens with one attached hydrogen (secondary N) is 1. The third-order valence-corrected chi connectivity index (χ3v) is 7.85. The Morgan fingerprint density at radius 1 is 1.07 bits per heavy atom. The van der Waals surface area contributed by atoms with Gasteiger partial charge >= 0.3 is 0 Å². The van der Waals surface area contributed by atoms with E-state index in [9.17, 15) is 4.39 Å². The Bertz CT molecular complexity index is 1390. The molecule has 4 aromatic rings. The van der Waals surface area contributed by atoms with Crippen LogP contribution in [0.5, 0.6) is 0 Å². The summed E-state index contributed by atoms with van der Waals surface area (Å²) in [6.07, 6.45) is 8.00. The lowest BCUT2D eigenvalue weighted by Crippen LogP contribution is -2.32. The highest BCUT2D eigenvalue weighted by Crippen LogP contribution is 2.48. The van der Waals surface area contributed by atoms with Crippen LogP contribution in [0.4, 0.5) is 4.39 Å². The number of likely N-dealkylation sites (tertiary alicyclic amines) is 1. The lowest BCUT2D eigenvalue weighted by Gasteiger charge is -2.22. The van der Waals surface area contributed by atoms with Gasteiger partial charge in [-0.15, -0.1) is 0 Å². The first-order valence-corrected chi connectivity index (χ1v) is 15.0. The SMILES string of the molecule is C=C(NCc1ccccc1)C1CCCN1C.C=CC(N)n1cnc2ccccc21.CC.CC1(c2ccccc2F)CC1. The molecule has 2 aliphatic rings. The zero-order chi connectivity index (χ0) is 30.5. The van der Waals surface area contributed by atoms with Crippen LogP contribution >= 0.6 is 0 Å². The standard InChI is InChI=1S/C14H20N2.C10H11F.C10H11N3.C2H6/c1-12(14-9-6-10-16(14)2)15-11-13-7-4-3-5-8-13;1-10(6-7-10)8-4-2-3-5-9(8)11;1-2-10(11)13-7-12-8-5-3-4-6-9(8)13;1-2/h3-5,7-8,14-15H,1,6,9-11H2,2H3;2-5H,6-7H2,1H3;2-7,10H,1,11H2;1-2H3. The summed E-state index contributed by atoms with van der Waals surface area (Å²) < 4.78 is 15.0. The van der Waals surface area contributed by atoms with Crippen LogP contribution in [0.1, 0.15) is 63.7 Å². The average molecular weight is 570 g/mol. The quantitative estimate of drug-likeness (QED) is 0.222. The van der Waals surface area contributed by atoms with Gasteiger partial charge in [-0.05, 0) is 74.0 Å². The number of hydrogen-bond donors (Lipinski definition) is 2. The van der Waals surface area contributed by atoms with Crippen LogP contribution in [0.3, 0.4) is 0 Å². The number of fused-ring (bicyclic) bond motifs is 1. The molecular weight excluding hydrogens is 521 g/mol. The zero-order valence-corrected chi connectivity index (χ0v) is 25.8. The van der Waals surface area contributed by atoms with Crippen LogP contribution in [-0.2, 0) is 12.0 Å². The Morgan fingerprint density at radius 3 is 2.33 bits per heavy atom. The molecule has 6 rings (SSSR count). The van der Waals surface area contributed by atoms with E-state index >= 15 is 0 Å². The number of nitrogens with zero attached hydrogens (tertiary/aromatic N) is 3. The van der Waals surface area contributed by atoms with Crippen LogP contribution in [0.25, 0.3) is 11.0 Å². The maximum Gasteiger partial charge on any atom is 0.126 e. The summed E-state index contributed by atoms with van der Waals surface area (Å²) in [5.74, 6) is -0.0486. The smallest absolute Gasteiger partial charge is 0.126 e. The summed E-state index contributed by atoms with van der Waals surface area (Å²) in [6, 6.07) is 25.9. The number of imidazole rings is 1. The molecule has 42 heavy (non-hydrogen) atoms. The van der Waals surface area contributed by atoms with E-state index in [0.29, 0.717) is 6.04 Å². The van der Waals surface area contributed by atoms with Crippen molar-refractivity contribution in [2.24, 2.45) is 5.73 Å². The molecule has 1 aliphatic carbocycles. The summed E-state index contributed by atoms with van der Waals surface area (Å²) in [5, 5.41) is 3.44. The highest BCUT2D eigenvalue weighted by molar-refractivity contribution is 5.75. The van der Waals surface area contributed by atoms with E-state index in [1.807, 2.05) is 60.9 Å². The number of nitrogens with two attached hydrogens (primary N) is 1. The molecule has 224 valence electrons. The largest absolute Gasteiger partial charge is 0.383 e. The molecule has 3 aromatic carbocycles. The van der Waals surface area contributed by atoms with Crippen molar-refractivity contribution in [3.05, 3.63) is 127 Å². The first-order chi connectivity index (χ1) is 20.3. The second-order valence-electron chi connectivity index (χ2n) is 10.9. The van der Waals surface area contributed by atoms with Gasteiger partial charge in [0.1, 0.15) is 12.0 Å². The minimum Gasteiger partial charge on any atom is -0.383 e. The molecule has 3 N–H and O–H groups in total. The molecule has 2 atom stereocenters. The van der Waals surface area contributed by atoms with Gasteiger partial charge in [-0.1, -0.05) is 101 Å². The Morgan fingerprint density at radius 2 is 1.71 bits per heavy atom. The topological polar surface area (TPSA) is 59.1 Å². The number of para-hydroxylation sites is 2. The lowest BCUT2D eigenvalue weighted by atomic mass is 9.98. The molecule has 0 bridgehead atoms. The molecule has 2 fully saturated rings. The molecule has 1 saturated carbocycles. The van der Waals surface area contributed by atoms with Crippen LogP contribution < -0.4 is 11.1 Å². The van der Waals surface area contributed by atoms with Gasteiger partial charge in [-0.2, -0.15) is 0 Å². The average Bonchev–Trinajstić information content (AvgIpc) is 3.40. The van der Waals surface area contributed by atoms with Crippen LogP contribution in [0.15, 0.2) is 110 Å². The second kappa shape index (κ2) is 16.0. The molecule has 0 spiro atoms. The number of aromatic nitrogens is 2. The molecule has 2 heterocycles. The zero-order valence-electron chi connectivity index (χ0n) is 25.8. The predicted molar refractivity (Wildman–Crippen MR) is 176 cm³/mol. The van der Waals surface area contributed by atoms with Crippen LogP contribution in [0.2, 0.25) is 0 Å². The summed E-state index contributed by atoms with van der Waals surface area (Å²) in [7, 11) is 2.17. The van der Waals surface area contributed by atoms with Crippen molar-refractivity contribution < 1.29 is 4.39 Å². The molecule has 0 radical (unpaired) electrons. The highest BCUT2D eigenvalue weighted by atomic mass is 19.1. The summed E-state index contributed by atoms with van der Waals surface area (Å²) in [4.78, 5) is 6.60. The van der Waals surface area contributed by atoms with Crippen molar-refractivity contribution in [2.45, 2.75) is 70.6 Å². The van der Waals surface area contributed by atoms with Gasteiger partial charge in [0, 0.05) is 18.3 Å². The minimum atomic E-state index is -0.201. The fourth-order valence-corrected chi connectivity index (χ4v) is 5.02. The molecule has 6 heteroatoms. The normalized spacial score (nSPS) is 17.3. The van der Waals surface area contributed by atoms with Gasteiger partial charge in [-0.3, -0.25) is 4.90 Å². The molecule has 1 aliphatic heterocycles. The van der Waals surface area contributed by atoms with Crippen LogP contribution in [-0.4, -0.2) is 34.1 Å². The molecular formula is C36H48FN5. The number of rotatable bonds is 7. The molecule has 0 amide bonds. The van der Waals surface area contributed by atoms with E-state index in [1.165, 1.54) is 24.9 Å². The number of halogens is 1. The summed E-state index contributed by atoms with van der Waals surface area (Å²) in [6.45, 7) is 16.0. The van der Waals surface area contributed by atoms with E-state index in [4.69, 9.17) is 5.73 Å². The van der Waals surface area contributed by atoms with Gasteiger partial charge in [-0.25, -0.2) is 9.37 Å². The van der Waals surface area contributed by atoms with E-state index in [1.54, 1.807) is 24.5 Å². The molecule has 1 saturated heterocycles. The van der Waals surface area contributed by atoms with Crippen molar-refractivity contribution in [2.75, 3.05) is 13.6 Å². The van der Waals surface area contributed by atoms with Gasteiger partial charge in [0.15, 0.2) is 0 Å². The number of hydrogen-bond acceptors (Lipinski definition) is 4. The Labute approximate surface area is 252 Å². The Kier molecular flexibility index (Phi) is 12.5. The van der Waals surface area contributed by atoms with Crippen molar-refractivity contribution >= 4 is 11.0 Å².